The first-order valence-electron chi connectivity index (χ1n) is 8.84. The van der Waals surface area contributed by atoms with E-state index in [1.54, 1.807) is 0 Å². The smallest absolute Gasteiger partial charge is 0.269 e. The van der Waals surface area contributed by atoms with Gasteiger partial charge in [0.25, 0.3) is 11.6 Å². The number of ether oxygens (including phenoxy) is 1. The Morgan fingerprint density at radius 2 is 1.77 bits per heavy atom. The third-order valence-electron chi connectivity index (χ3n) is 4.67. The number of benzene rings is 2. The van der Waals surface area contributed by atoms with Crippen LogP contribution < -0.4 is 5.32 Å². The second kappa shape index (κ2) is 8.58. The average Bonchev–Trinajstić information content (AvgIpc) is 2.68. The summed E-state index contributed by atoms with van der Waals surface area (Å²) in [6.07, 6.45) is 3.90. The van der Waals surface area contributed by atoms with Crippen molar-refractivity contribution in [1.82, 2.24) is 5.32 Å². The van der Waals surface area contributed by atoms with Crippen LogP contribution in [0.15, 0.2) is 54.6 Å². The van der Waals surface area contributed by atoms with Crippen LogP contribution in [0, 0.1) is 10.1 Å². The predicted octanol–water partition coefficient (Wildman–Crippen LogP) is 3.85. The van der Waals surface area contributed by atoms with Crippen molar-refractivity contribution in [2.24, 2.45) is 0 Å². The molecule has 26 heavy (non-hydrogen) atoms. The Morgan fingerprint density at radius 3 is 2.46 bits per heavy atom. The molecule has 136 valence electrons. The maximum Gasteiger partial charge on any atom is 0.269 e. The van der Waals surface area contributed by atoms with Gasteiger partial charge < -0.3 is 10.1 Å². The summed E-state index contributed by atoms with van der Waals surface area (Å²) in [4.78, 5) is 22.7. The van der Waals surface area contributed by atoms with E-state index in [0.717, 1.165) is 31.2 Å². The minimum absolute atomic E-state index is 0.0223. The highest BCUT2D eigenvalue weighted by molar-refractivity contribution is 5.94. The number of amides is 1. The number of non-ortho nitro benzene ring substituents is 1. The van der Waals surface area contributed by atoms with Gasteiger partial charge in [-0.3, -0.25) is 14.9 Å². The van der Waals surface area contributed by atoms with Crippen LogP contribution in [0.5, 0.6) is 0 Å². The van der Waals surface area contributed by atoms with E-state index < -0.39 is 4.92 Å². The zero-order valence-corrected chi connectivity index (χ0v) is 14.5. The summed E-state index contributed by atoms with van der Waals surface area (Å²) in [5, 5.41) is 13.8. The highest BCUT2D eigenvalue weighted by Gasteiger charge is 2.27. The van der Waals surface area contributed by atoms with Crippen molar-refractivity contribution >= 4 is 11.6 Å². The first-order chi connectivity index (χ1) is 12.6. The fourth-order valence-corrected chi connectivity index (χ4v) is 3.23. The standard InChI is InChI=1S/C20H22N2O4/c23-20(16-10-12-17(13-11-16)22(24)25)21-18-8-4-5-9-19(18)26-14-15-6-2-1-3-7-15/h1-3,6-7,10-13,18-19H,4-5,8-9,14H2,(H,21,23)/t18-,19-/m0/s1. The maximum absolute atomic E-state index is 12.5. The van der Waals surface area contributed by atoms with Crippen molar-refractivity contribution in [2.75, 3.05) is 0 Å². The number of nitrogens with one attached hydrogen (secondary N) is 1. The van der Waals surface area contributed by atoms with E-state index in [9.17, 15) is 14.9 Å². The zero-order valence-electron chi connectivity index (χ0n) is 14.5. The van der Waals surface area contributed by atoms with Crippen LogP contribution in [0.3, 0.4) is 0 Å². The average molecular weight is 354 g/mol. The largest absolute Gasteiger partial charge is 0.371 e. The second-order valence-corrected chi connectivity index (χ2v) is 6.50. The molecule has 6 nitrogen and oxygen atoms in total. The summed E-state index contributed by atoms with van der Waals surface area (Å²) in [6, 6.07) is 15.6. The third kappa shape index (κ3) is 4.67. The molecule has 0 aromatic heterocycles. The van der Waals surface area contributed by atoms with Crippen LogP contribution >= 0.6 is 0 Å². The van der Waals surface area contributed by atoms with Crippen molar-refractivity contribution in [3.8, 4) is 0 Å². The molecule has 0 radical (unpaired) electrons. The Hall–Kier alpha value is -2.73. The molecular weight excluding hydrogens is 332 g/mol. The van der Waals surface area contributed by atoms with Crippen LogP contribution in [0.4, 0.5) is 5.69 Å². The minimum Gasteiger partial charge on any atom is -0.371 e. The molecule has 1 N–H and O–H groups in total. The summed E-state index contributed by atoms with van der Waals surface area (Å²) in [7, 11) is 0. The molecule has 3 rings (SSSR count). The highest BCUT2D eigenvalue weighted by atomic mass is 16.6. The van der Waals surface area contributed by atoms with Gasteiger partial charge in [-0.05, 0) is 30.5 Å². The van der Waals surface area contributed by atoms with E-state index in [1.807, 2.05) is 30.3 Å². The van der Waals surface area contributed by atoms with Crippen LogP contribution in [-0.4, -0.2) is 23.0 Å². The quantitative estimate of drug-likeness (QED) is 0.631. The molecule has 6 heteroatoms. The van der Waals surface area contributed by atoms with E-state index in [2.05, 4.69) is 5.32 Å². The number of nitro groups is 1. The molecule has 1 aliphatic rings. The topological polar surface area (TPSA) is 81.5 Å². The van der Waals surface area contributed by atoms with Crippen LogP contribution in [0.2, 0.25) is 0 Å². The van der Waals surface area contributed by atoms with Gasteiger partial charge in [0.2, 0.25) is 0 Å². The fourth-order valence-electron chi connectivity index (χ4n) is 3.23. The van der Waals surface area contributed by atoms with Gasteiger partial charge in [-0.25, -0.2) is 0 Å². The van der Waals surface area contributed by atoms with Crippen molar-refractivity contribution in [1.29, 1.82) is 0 Å². The second-order valence-electron chi connectivity index (χ2n) is 6.50. The number of carbonyl (C=O) groups excluding carboxylic acids is 1. The lowest BCUT2D eigenvalue weighted by molar-refractivity contribution is -0.384. The molecule has 0 heterocycles. The maximum atomic E-state index is 12.5. The van der Waals surface area contributed by atoms with Gasteiger partial charge in [0.05, 0.1) is 23.7 Å². The Morgan fingerprint density at radius 1 is 1.08 bits per heavy atom. The van der Waals surface area contributed by atoms with Crippen molar-refractivity contribution in [2.45, 2.75) is 44.4 Å². The van der Waals surface area contributed by atoms with Crippen LogP contribution in [-0.2, 0) is 11.3 Å². The van der Waals surface area contributed by atoms with Gasteiger partial charge in [-0.1, -0.05) is 43.2 Å². The summed E-state index contributed by atoms with van der Waals surface area (Å²) < 4.78 is 6.06. The zero-order chi connectivity index (χ0) is 18.4. The molecule has 0 bridgehead atoms. The fraction of sp³-hybridized carbons (Fsp3) is 0.350. The third-order valence-corrected chi connectivity index (χ3v) is 4.67. The molecule has 1 amide bonds. The van der Waals surface area contributed by atoms with Gasteiger partial charge in [-0.15, -0.1) is 0 Å². The van der Waals surface area contributed by atoms with Gasteiger partial charge >= 0.3 is 0 Å². The summed E-state index contributed by atoms with van der Waals surface area (Å²) in [5.74, 6) is -0.222. The molecule has 0 unspecified atom stereocenters. The number of hydrogen-bond donors (Lipinski definition) is 1. The van der Waals surface area contributed by atoms with E-state index in [1.165, 1.54) is 24.3 Å². The molecule has 0 saturated heterocycles. The molecule has 1 aliphatic carbocycles. The highest BCUT2D eigenvalue weighted by Crippen LogP contribution is 2.23. The summed E-state index contributed by atoms with van der Waals surface area (Å²) in [6.45, 7) is 0.523. The van der Waals surface area contributed by atoms with E-state index in [-0.39, 0.29) is 23.7 Å². The number of nitro benzene ring substituents is 1. The van der Waals surface area contributed by atoms with Gasteiger partial charge in [0.1, 0.15) is 0 Å². The van der Waals surface area contributed by atoms with E-state index in [0.29, 0.717) is 12.2 Å². The predicted molar refractivity (Wildman–Crippen MR) is 97.8 cm³/mol. The van der Waals surface area contributed by atoms with Crippen molar-refractivity contribution < 1.29 is 14.5 Å². The molecule has 2 atom stereocenters. The Bertz CT molecular complexity index is 746. The Balaban J connectivity index is 1.60. The number of hydrogen-bond acceptors (Lipinski definition) is 4. The van der Waals surface area contributed by atoms with E-state index >= 15 is 0 Å². The van der Waals surface area contributed by atoms with Crippen molar-refractivity contribution in [3.05, 3.63) is 75.8 Å². The summed E-state index contributed by atoms with van der Waals surface area (Å²) in [5.41, 5.74) is 1.50. The minimum atomic E-state index is -0.476. The first kappa shape index (κ1) is 18.1. The number of carbonyl (C=O) groups is 1. The molecule has 2 aromatic rings. The monoisotopic (exact) mass is 354 g/mol. The molecule has 0 spiro atoms. The van der Waals surface area contributed by atoms with Crippen LogP contribution in [0.25, 0.3) is 0 Å². The Labute approximate surface area is 152 Å². The molecular formula is C20H22N2O4. The SMILES string of the molecule is O=C(N[C@H]1CCCC[C@@H]1OCc1ccccc1)c1ccc([N+](=O)[O-])cc1. The Kier molecular flexibility index (Phi) is 5.96. The number of nitrogens with zero attached hydrogens (tertiary/aromatic N) is 1. The lowest BCUT2D eigenvalue weighted by Crippen LogP contribution is -2.46. The molecule has 2 aromatic carbocycles. The normalized spacial score (nSPS) is 19.7. The lowest BCUT2D eigenvalue weighted by Gasteiger charge is -2.32. The lowest BCUT2D eigenvalue weighted by atomic mass is 9.92. The van der Waals surface area contributed by atoms with Gasteiger partial charge in [0, 0.05) is 17.7 Å². The molecule has 1 fully saturated rings. The van der Waals surface area contributed by atoms with Gasteiger partial charge in [-0.2, -0.15) is 0 Å². The molecule has 0 aliphatic heterocycles. The van der Waals surface area contributed by atoms with Crippen LogP contribution in [0.1, 0.15) is 41.6 Å². The molecule has 1 saturated carbocycles. The van der Waals surface area contributed by atoms with E-state index in [4.69, 9.17) is 4.74 Å². The van der Waals surface area contributed by atoms with Gasteiger partial charge in [0.15, 0.2) is 0 Å². The summed E-state index contributed by atoms with van der Waals surface area (Å²) >= 11 is 0. The number of rotatable bonds is 6. The van der Waals surface area contributed by atoms with Crippen molar-refractivity contribution in [3.63, 3.8) is 0 Å². The first-order valence-corrected chi connectivity index (χ1v) is 8.84.